The molecule has 0 aliphatic carbocycles. The molecule has 0 aliphatic heterocycles. The van der Waals surface area contributed by atoms with Crippen molar-refractivity contribution in [1.29, 1.82) is 0 Å². The first kappa shape index (κ1) is 18.1. The number of nitro benzene ring substituents is 1. The Morgan fingerprint density at radius 2 is 1.92 bits per heavy atom. The number of non-ortho nitro benzene ring substituents is 1. The van der Waals surface area contributed by atoms with Crippen molar-refractivity contribution in [3.63, 3.8) is 0 Å². The number of hydrazone groups is 1. The van der Waals surface area contributed by atoms with Crippen molar-refractivity contribution in [3.05, 3.63) is 69.2 Å². The summed E-state index contributed by atoms with van der Waals surface area (Å²) < 4.78 is 0. The third-order valence-electron chi connectivity index (χ3n) is 2.95. The number of para-hydroxylation sites is 1. The highest BCUT2D eigenvalue weighted by atomic mass is 35.5. The van der Waals surface area contributed by atoms with E-state index in [0.717, 1.165) is 0 Å². The lowest BCUT2D eigenvalue weighted by atomic mass is 10.2. The lowest BCUT2D eigenvalue weighted by molar-refractivity contribution is -0.384. The zero-order valence-corrected chi connectivity index (χ0v) is 13.6. The smallest absolute Gasteiger partial charge is 0.270 e. The van der Waals surface area contributed by atoms with Gasteiger partial charge in [0.15, 0.2) is 0 Å². The number of nitro groups is 1. The summed E-state index contributed by atoms with van der Waals surface area (Å²) in [5.41, 5.74) is 2.93. The van der Waals surface area contributed by atoms with Crippen LogP contribution >= 0.6 is 11.6 Å². The van der Waals surface area contributed by atoms with Gasteiger partial charge in [-0.3, -0.25) is 19.7 Å². The Labute approximate surface area is 147 Å². The monoisotopic (exact) mass is 360 g/mol. The van der Waals surface area contributed by atoms with Crippen LogP contribution in [0.1, 0.15) is 12.0 Å². The molecule has 25 heavy (non-hydrogen) atoms. The van der Waals surface area contributed by atoms with Crippen LogP contribution in [0.3, 0.4) is 0 Å². The molecule has 2 amide bonds. The SMILES string of the molecule is O=C(CC(=O)Nc1ccccc1Cl)NN=Cc1cccc([N+](=O)[O-])c1. The van der Waals surface area contributed by atoms with Crippen molar-refractivity contribution in [2.45, 2.75) is 6.42 Å². The van der Waals surface area contributed by atoms with E-state index < -0.39 is 23.2 Å². The van der Waals surface area contributed by atoms with Crippen LogP contribution < -0.4 is 10.7 Å². The largest absolute Gasteiger partial charge is 0.324 e. The summed E-state index contributed by atoms with van der Waals surface area (Å²) in [6.07, 6.45) is 0.800. The van der Waals surface area contributed by atoms with Gasteiger partial charge in [-0.15, -0.1) is 0 Å². The molecule has 128 valence electrons. The van der Waals surface area contributed by atoms with Gasteiger partial charge in [-0.2, -0.15) is 5.10 Å². The first-order valence-electron chi connectivity index (χ1n) is 7.06. The number of carbonyl (C=O) groups excluding carboxylic acids is 2. The van der Waals surface area contributed by atoms with Crippen molar-refractivity contribution in [2.24, 2.45) is 5.10 Å². The second-order valence-corrected chi connectivity index (χ2v) is 5.26. The molecule has 2 N–H and O–H groups in total. The molecule has 0 bridgehead atoms. The minimum Gasteiger partial charge on any atom is -0.324 e. The average molecular weight is 361 g/mol. The summed E-state index contributed by atoms with van der Waals surface area (Å²) in [6.45, 7) is 0. The minimum atomic E-state index is -0.633. The Bertz CT molecular complexity index is 838. The molecular formula is C16H13ClN4O4. The highest BCUT2D eigenvalue weighted by Gasteiger charge is 2.10. The predicted molar refractivity (Wildman–Crippen MR) is 93.5 cm³/mol. The third-order valence-corrected chi connectivity index (χ3v) is 3.28. The number of benzene rings is 2. The zero-order valence-electron chi connectivity index (χ0n) is 12.8. The quantitative estimate of drug-likeness (QED) is 0.357. The molecular weight excluding hydrogens is 348 g/mol. The van der Waals surface area contributed by atoms with Crippen LogP contribution in [0.4, 0.5) is 11.4 Å². The summed E-state index contributed by atoms with van der Waals surface area (Å²) in [4.78, 5) is 33.6. The maximum atomic E-state index is 11.8. The predicted octanol–water partition coefficient (Wildman–Crippen LogP) is 2.73. The van der Waals surface area contributed by atoms with Crippen molar-refractivity contribution < 1.29 is 14.5 Å². The number of nitrogens with zero attached hydrogens (tertiary/aromatic N) is 2. The molecule has 0 saturated carbocycles. The van der Waals surface area contributed by atoms with Gasteiger partial charge in [0.05, 0.1) is 21.8 Å². The van der Waals surface area contributed by atoms with E-state index in [1.807, 2.05) is 0 Å². The van der Waals surface area contributed by atoms with E-state index in [1.54, 1.807) is 30.3 Å². The fourth-order valence-corrected chi connectivity index (χ4v) is 2.02. The van der Waals surface area contributed by atoms with Gasteiger partial charge in [0, 0.05) is 17.7 Å². The number of anilines is 1. The number of nitrogens with one attached hydrogen (secondary N) is 2. The van der Waals surface area contributed by atoms with Crippen LogP contribution in [0.15, 0.2) is 53.6 Å². The van der Waals surface area contributed by atoms with Gasteiger partial charge < -0.3 is 5.32 Å². The zero-order chi connectivity index (χ0) is 18.2. The molecule has 0 saturated heterocycles. The lowest BCUT2D eigenvalue weighted by Gasteiger charge is -2.06. The fraction of sp³-hybridized carbons (Fsp3) is 0.0625. The van der Waals surface area contributed by atoms with Crippen LogP contribution in [0.2, 0.25) is 5.02 Å². The number of hydrogen-bond acceptors (Lipinski definition) is 5. The molecule has 0 aliphatic rings. The van der Waals surface area contributed by atoms with Crippen molar-refractivity contribution in [2.75, 3.05) is 5.32 Å². The minimum absolute atomic E-state index is 0.0885. The van der Waals surface area contributed by atoms with Gasteiger partial charge in [-0.1, -0.05) is 35.9 Å². The second kappa shape index (κ2) is 8.55. The number of halogens is 1. The van der Waals surface area contributed by atoms with E-state index >= 15 is 0 Å². The highest BCUT2D eigenvalue weighted by Crippen LogP contribution is 2.20. The Hall–Kier alpha value is -3.26. The summed E-state index contributed by atoms with van der Waals surface area (Å²) in [5, 5.41) is 17.2. The van der Waals surface area contributed by atoms with Crippen LogP contribution in [0.5, 0.6) is 0 Å². The topological polar surface area (TPSA) is 114 Å². The summed E-state index contributed by atoms with van der Waals surface area (Å²) in [5.74, 6) is -1.18. The van der Waals surface area contributed by atoms with E-state index in [1.165, 1.54) is 24.4 Å². The van der Waals surface area contributed by atoms with Crippen molar-refractivity contribution in [3.8, 4) is 0 Å². The van der Waals surface area contributed by atoms with Crippen LogP contribution in [-0.4, -0.2) is 23.0 Å². The van der Waals surface area contributed by atoms with Gasteiger partial charge >= 0.3 is 0 Å². The number of carbonyl (C=O) groups is 2. The van der Waals surface area contributed by atoms with E-state index in [4.69, 9.17) is 11.6 Å². The van der Waals surface area contributed by atoms with Gasteiger partial charge in [-0.05, 0) is 12.1 Å². The highest BCUT2D eigenvalue weighted by molar-refractivity contribution is 6.33. The van der Waals surface area contributed by atoms with E-state index in [0.29, 0.717) is 16.3 Å². The molecule has 0 fully saturated rings. The summed E-state index contributed by atoms with van der Waals surface area (Å²) >= 11 is 5.90. The molecule has 2 aromatic rings. The maximum absolute atomic E-state index is 11.8. The molecule has 0 spiro atoms. The summed E-state index contributed by atoms with van der Waals surface area (Å²) in [7, 11) is 0. The fourth-order valence-electron chi connectivity index (χ4n) is 1.84. The van der Waals surface area contributed by atoms with Crippen molar-refractivity contribution >= 4 is 41.0 Å². The van der Waals surface area contributed by atoms with E-state index in [9.17, 15) is 19.7 Å². The molecule has 2 aromatic carbocycles. The Balaban J connectivity index is 1.86. The molecule has 0 unspecified atom stereocenters. The molecule has 0 aromatic heterocycles. The molecule has 0 radical (unpaired) electrons. The van der Waals surface area contributed by atoms with Crippen LogP contribution in [-0.2, 0) is 9.59 Å². The van der Waals surface area contributed by atoms with Gasteiger partial charge in [0.2, 0.25) is 11.8 Å². The third kappa shape index (κ3) is 5.70. The van der Waals surface area contributed by atoms with Crippen LogP contribution in [0.25, 0.3) is 0 Å². The standard InChI is InChI=1S/C16H13ClN4O4/c17-13-6-1-2-7-14(13)19-15(22)9-16(23)20-18-10-11-4-3-5-12(8-11)21(24)25/h1-8,10H,9H2,(H,19,22)(H,20,23). The first-order valence-corrected chi connectivity index (χ1v) is 7.44. The second-order valence-electron chi connectivity index (χ2n) is 4.85. The Morgan fingerprint density at radius 3 is 2.64 bits per heavy atom. The molecule has 0 atom stereocenters. The van der Waals surface area contributed by atoms with Gasteiger partial charge in [-0.25, -0.2) is 5.43 Å². The van der Waals surface area contributed by atoms with Gasteiger partial charge in [0.25, 0.3) is 5.69 Å². The number of amides is 2. The Morgan fingerprint density at radius 1 is 1.16 bits per heavy atom. The number of rotatable bonds is 6. The van der Waals surface area contributed by atoms with Gasteiger partial charge in [0.1, 0.15) is 6.42 Å². The number of hydrogen-bond donors (Lipinski definition) is 2. The molecule has 2 rings (SSSR count). The molecule has 8 nitrogen and oxygen atoms in total. The normalized spacial score (nSPS) is 10.4. The lowest BCUT2D eigenvalue weighted by Crippen LogP contribution is -2.24. The van der Waals surface area contributed by atoms with Crippen LogP contribution in [0, 0.1) is 10.1 Å². The molecule has 0 heterocycles. The van der Waals surface area contributed by atoms with E-state index in [-0.39, 0.29) is 5.69 Å². The maximum Gasteiger partial charge on any atom is 0.270 e. The molecule has 9 heteroatoms. The average Bonchev–Trinajstić information content (AvgIpc) is 2.57. The summed E-state index contributed by atoms with van der Waals surface area (Å²) in [6, 6.07) is 12.4. The Kier molecular flexibility index (Phi) is 6.19. The van der Waals surface area contributed by atoms with E-state index in [2.05, 4.69) is 15.8 Å². The van der Waals surface area contributed by atoms with Crippen molar-refractivity contribution in [1.82, 2.24) is 5.43 Å². The first-order chi connectivity index (χ1) is 12.0.